The van der Waals surface area contributed by atoms with Gasteiger partial charge >= 0.3 is 0 Å². The van der Waals surface area contributed by atoms with E-state index in [-0.39, 0.29) is 10.1 Å². The molecule has 1 aromatic carbocycles. The molecule has 2 rings (SSSR count). The Morgan fingerprint density at radius 1 is 1.50 bits per heavy atom. The number of hydrogen-bond donors (Lipinski definition) is 2. The molecule has 0 atom stereocenters. The van der Waals surface area contributed by atoms with Crippen molar-refractivity contribution in [1.29, 1.82) is 5.26 Å². The van der Waals surface area contributed by atoms with Gasteiger partial charge in [0.15, 0.2) is 0 Å². The van der Waals surface area contributed by atoms with Crippen LogP contribution >= 0.6 is 27.3 Å². The lowest BCUT2D eigenvalue weighted by Gasteiger charge is -2.04. The smallest absolute Gasteiger partial charge is 0.286 e. The molecule has 0 bridgehead atoms. The predicted octanol–water partition coefficient (Wildman–Crippen LogP) is 2.01. The number of amides is 1. The van der Waals surface area contributed by atoms with Crippen molar-refractivity contribution >= 4 is 44.0 Å². The molecule has 1 heterocycles. The first-order valence-corrected chi connectivity index (χ1v) is 6.31. The van der Waals surface area contributed by atoms with Crippen LogP contribution in [0.15, 0.2) is 22.7 Å². The van der Waals surface area contributed by atoms with Gasteiger partial charge in [0.2, 0.25) is 10.1 Å². The molecule has 1 aromatic heterocycles. The van der Waals surface area contributed by atoms with Gasteiger partial charge in [0, 0.05) is 4.47 Å². The fourth-order valence-electron chi connectivity index (χ4n) is 1.22. The minimum absolute atomic E-state index is 0.152. The van der Waals surface area contributed by atoms with E-state index in [4.69, 9.17) is 11.0 Å². The lowest BCUT2D eigenvalue weighted by Crippen LogP contribution is -2.12. The predicted molar refractivity (Wildman–Crippen MR) is 71.1 cm³/mol. The number of nitriles is 1. The number of rotatable bonds is 2. The topological polar surface area (TPSA) is 105 Å². The molecule has 6 nitrogen and oxygen atoms in total. The summed E-state index contributed by atoms with van der Waals surface area (Å²) in [6, 6.07) is 6.97. The second kappa shape index (κ2) is 5.12. The molecular weight excluding hydrogens is 318 g/mol. The average Bonchev–Trinajstić information content (AvgIpc) is 2.78. The van der Waals surface area contributed by atoms with Gasteiger partial charge in [-0.25, -0.2) is 0 Å². The molecule has 0 aliphatic carbocycles. The largest absolute Gasteiger partial charge is 0.374 e. The summed E-state index contributed by atoms with van der Waals surface area (Å²) in [6.07, 6.45) is 0. The lowest BCUT2D eigenvalue weighted by atomic mass is 10.2. The highest BCUT2D eigenvalue weighted by molar-refractivity contribution is 9.10. The number of carbonyl (C=O) groups is 1. The standard InChI is InChI=1S/C10H6BrN5OS/c11-6-1-2-7(5(3-6)4-12)14-8(17)9-15-16-10(13)18-9/h1-3H,(H2,13,16)(H,14,17). The number of carbonyl (C=O) groups excluding carboxylic acids is 1. The van der Waals surface area contributed by atoms with Crippen LogP contribution in [-0.2, 0) is 0 Å². The summed E-state index contributed by atoms with van der Waals surface area (Å²) in [5, 5.41) is 19.1. The van der Waals surface area contributed by atoms with Crippen molar-refractivity contribution in [2.24, 2.45) is 0 Å². The number of nitrogen functional groups attached to an aromatic ring is 1. The van der Waals surface area contributed by atoms with Gasteiger partial charge in [-0.15, -0.1) is 10.2 Å². The molecule has 0 radical (unpaired) electrons. The van der Waals surface area contributed by atoms with Crippen molar-refractivity contribution in [2.75, 3.05) is 11.1 Å². The van der Waals surface area contributed by atoms with Crippen molar-refractivity contribution < 1.29 is 4.79 Å². The summed E-state index contributed by atoms with van der Waals surface area (Å²) in [7, 11) is 0. The Bertz CT molecular complexity index is 648. The van der Waals surface area contributed by atoms with Crippen LogP contribution in [0.4, 0.5) is 10.8 Å². The fourth-order valence-corrected chi connectivity index (χ4v) is 2.09. The van der Waals surface area contributed by atoms with Gasteiger partial charge in [-0.2, -0.15) is 5.26 Å². The Morgan fingerprint density at radius 2 is 2.28 bits per heavy atom. The molecule has 2 aromatic rings. The van der Waals surface area contributed by atoms with Crippen LogP contribution < -0.4 is 11.1 Å². The summed E-state index contributed by atoms with van der Waals surface area (Å²) in [6.45, 7) is 0. The first-order valence-electron chi connectivity index (χ1n) is 4.70. The third-order valence-corrected chi connectivity index (χ3v) is 3.23. The van der Waals surface area contributed by atoms with Crippen LogP contribution in [0.3, 0.4) is 0 Å². The summed E-state index contributed by atoms with van der Waals surface area (Å²) >= 11 is 4.23. The Balaban J connectivity index is 2.25. The van der Waals surface area contributed by atoms with E-state index >= 15 is 0 Å². The first kappa shape index (κ1) is 12.5. The third-order valence-electron chi connectivity index (χ3n) is 1.99. The second-order valence-corrected chi connectivity index (χ2v) is 5.13. The Kier molecular flexibility index (Phi) is 3.55. The number of hydrogen-bond acceptors (Lipinski definition) is 6. The van der Waals surface area contributed by atoms with Gasteiger partial charge < -0.3 is 11.1 Å². The quantitative estimate of drug-likeness (QED) is 0.879. The summed E-state index contributed by atoms with van der Waals surface area (Å²) in [5.41, 5.74) is 6.16. The van der Waals surface area contributed by atoms with Gasteiger partial charge in [0.1, 0.15) is 6.07 Å². The monoisotopic (exact) mass is 323 g/mol. The van der Waals surface area contributed by atoms with Crippen LogP contribution in [0.25, 0.3) is 0 Å². The second-order valence-electron chi connectivity index (χ2n) is 3.20. The first-order chi connectivity index (χ1) is 8.60. The van der Waals surface area contributed by atoms with Crippen molar-refractivity contribution in [3.05, 3.63) is 33.2 Å². The van der Waals surface area contributed by atoms with Crippen molar-refractivity contribution in [3.63, 3.8) is 0 Å². The molecule has 0 unspecified atom stereocenters. The Hall–Kier alpha value is -1.98. The van der Waals surface area contributed by atoms with Gasteiger partial charge in [-0.05, 0) is 18.2 Å². The number of halogens is 1. The summed E-state index contributed by atoms with van der Waals surface area (Å²) < 4.78 is 0.761. The molecular formula is C10H6BrN5OS. The lowest BCUT2D eigenvalue weighted by molar-refractivity contribution is 0.102. The van der Waals surface area contributed by atoms with Crippen LogP contribution in [-0.4, -0.2) is 16.1 Å². The number of nitrogens with two attached hydrogens (primary N) is 1. The molecule has 0 fully saturated rings. The maximum atomic E-state index is 11.8. The Labute approximate surface area is 115 Å². The highest BCUT2D eigenvalue weighted by Gasteiger charge is 2.13. The van der Waals surface area contributed by atoms with E-state index in [2.05, 4.69) is 31.4 Å². The number of benzene rings is 1. The van der Waals surface area contributed by atoms with E-state index in [1.807, 2.05) is 6.07 Å². The van der Waals surface area contributed by atoms with Gasteiger partial charge in [-0.1, -0.05) is 27.3 Å². The Morgan fingerprint density at radius 3 is 2.89 bits per heavy atom. The highest BCUT2D eigenvalue weighted by Crippen LogP contribution is 2.21. The number of aromatic nitrogens is 2. The summed E-state index contributed by atoms with van der Waals surface area (Å²) in [4.78, 5) is 11.8. The van der Waals surface area contributed by atoms with Gasteiger partial charge in [0.05, 0.1) is 11.3 Å². The normalized spacial score (nSPS) is 9.78. The van der Waals surface area contributed by atoms with Crippen molar-refractivity contribution in [1.82, 2.24) is 10.2 Å². The van der Waals surface area contributed by atoms with E-state index in [0.717, 1.165) is 15.8 Å². The van der Waals surface area contributed by atoms with E-state index in [0.29, 0.717) is 11.3 Å². The molecule has 0 saturated carbocycles. The van der Waals surface area contributed by atoms with Crippen molar-refractivity contribution in [3.8, 4) is 6.07 Å². The molecule has 18 heavy (non-hydrogen) atoms. The average molecular weight is 324 g/mol. The van der Waals surface area contributed by atoms with E-state index in [9.17, 15) is 4.79 Å². The van der Waals surface area contributed by atoms with Gasteiger partial charge in [0.25, 0.3) is 5.91 Å². The van der Waals surface area contributed by atoms with Crippen molar-refractivity contribution in [2.45, 2.75) is 0 Å². The number of nitrogens with zero attached hydrogens (tertiary/aromatic N) is 3. The van der Waals surface area contributed by atoms with E-state index < -0.39 is 5.91 Å². The maximum absolute atomic E-state index is 11.8. The van der Waals surface area contributed by atoms with E-state index in [1.54, 1.807) is 18.2 Å². The van der Waals surface area contributed by atoms with Gasteiger partial charge in [-0.3, -0.25) is 4.79 Å². The number of anilines is 2. The third kappa shape index (κ3) is 2.64. The molecule has 0 spiro atoms. The molecule has 90 valence electrons. The zero-order valence-corrected chi connectivity index (χ0v) is 11.2. The molecule has 0 saturated heterocycles. The fraction of sp³-hybridized carbons (Fsp3) is 0. The van der Waals surface area contributed by atoms with Crippen LogP contribution in [0.2, 0.25) is 0 Å². The minimum atomic E-state index is -0.442. The molecule has 0 aliphatic heterocycles. The van der Waals surface area contributed by atoms with E-state index in [1.165, 1.54) is 0 Å². The molecule has 3 N–H and O–H groups in total. The molecule has 1 amide bonds. The van der Waals surface area contributed by atoms with Crippen LogP contribution in [0, 0.1) is 11.3 Å². The minimum Gasteiger partial charge on any atom is -0.374 e. The van der Waals surface area contributed by atoms with Crippen LogP contribution in [0.5, 0.6) is 0 Å². The highest BCUT2D eigenvalue weighted by atomic mass is 79.9. The summed E-state index contributed by atoms with van der Waals surface area (Å²) in [5.74, 6) is -0.442. The zero-order valence-electron chi connectivity index (χ0n) is 8.85. The number of nitrogens with one attached hydrogen (secondary N) is 1. The maximum Gasteiger partial charge on any atom is 0.286 e. The molecule has 8 heteroatoms. The molecule has 0 aliphatic rings. The SMILES string of the molecule is N#Cc1cc(Br)ccc1NC(=O)c1nnc(N)s1. The van der Waals surface area contributed by atoms with Crippen LogP contribution in [0.1, 0.15) is 15.4 Å². The zero-order chi connectivity index (χ0) is 13.1.